The minimum Gasteiger partial charge on any atom is -0.462 e. The first-order chi connectivity index (χ1) is 40.5. The summed E-state index contributed by atoms with van der Waals surface area (Å²) in [6.45, 7) is 6.43. The molecule has 0 aliphatic carbocycles. The highest BCUT2D eigenvalue weighted by Crippen LogP contribution is 2.17. The topological polar surface area (TPSA) is 78.9 Å². The molecule has 0 amide bonds. The fraction of sp³-hybridized carbons (Fsp3) is 0.697. The van der Waals surface area contributed by atoms with Gasteiger partial charge in [-0.05, 0) is 109 Å². The van der Waals surface area contributed by atoms with Crippen LogP contribution in [-0.2, 0) is 28.6 Å². The van der Waals surface area contributed by atoms with Gasteiger partial charge in [0.05, 0.1) is 0 Å². The number of carbonyl (C=O) groups is 3. The Hall–Kier alpha value is -4.19. The molecule has 0 saturated heterocycles. The molecule has 0 aromatic heterocycles. The Balaban J connectivity index is 4.43. The molecular formula is C76H128O6. The lowest BCUT2D eigenvalue weighted by atomic mass is 10.0. The average molecular weight is 1140 g/mol. The highest BCUT2D eigenvalue weighted by Gasteiger charge is 2.19. The highest BCUT2D eigenvalue weighted by molar-refractivity contribution is 5.71. The summed E-state index contributed by atoms with van der Waals surface area (Å²) in [5.74, 6) is -0.896. The number of ether oxygens (including phenoxy) is 3. The molecule has 0 aromatic carbocycles. The van der Waals surface area contributed by atoms with Gasteiger partial charge in [0.15, 0.2) is 6.10 Å². The molecule has 0 heterocycles. The van der Waals surface area contributed by atoms with E-state index in [0.29, 0.717) is 19.3 Å². The number of esters is 3. The van der Waals surface area contributed by atoms with Gasteiger partial charge in [-0.15, -0.1) is 0 Å². The van der Waals surface area contributed by atoms with E-state index in [9.17, 15) is 14.4 Å². The van der Waals surface area contributed by atoms with Gasteiger partial charge >= 0.3 is 17.9 Å². The number of allylic oxidation sites excluding steroid dienone is 20. The highest BCUT2D eigenvalue weighted by atomic mass is 16.6. The lowest BCUT2D eigenvalue weighted by Crippen LogP contribution is -2.30. The zero-order valence-corrected chi connectivity index (χ0v) is 53.7. The van der Waals surface area contributed by atoms with Crippen molar-refractivity contribution >= 4 is 17.9 Å². The van der Waals surface area contributed by atoms with Crippen LogP contribution in [0, 0.1) is 0 Å². The minimum absolute atomic E-state index is 0.0856. The number of carbonyl (C=O) groups excluding carboxylic acids is 3. The summed E-state index contributed by atoms with van der Waals surface area (Å²) in [6, 6.07) is 0. The molecule has 82 heavy (non-hydrogen) atoms. The predicted octanol–water partition coefficient (Wildman–Crippen LogP) is 23.9. The summed E-state index contributed by atoms with van der Waals surface area (Å²) in [4.78, 5) is 38.5. The van der Waals surface area contributed by atoms with Gasteiger partial charge < -0.3 is 14.2 Å². The van der Waals surface area contributed by atoms with E-state index in [-0.39, 0.29) is 31.1 Å². The molecule has 6 heteroatoms. The van der Waals surface area contributed by atoms with Gasteiger partial charge in [0.25, 0.3) is 0 Å². The number of unbranched alkanes of at least 4 members (excludes halogenated alkanes) is 31. The van der Waals surface area contributed by atoms with Crippen LogP contribution in [0.1, 0.15) is 323 Å². The maximum Gasteiger partial charge on any atom is 0.306 e. The molecule has 1 unspecified atom stereocenters. The molecule has 1 atom stereocenters. The second kappa shape index (κ2) is 69.3. The fourth-order valence-electron chi connectivity index (χ4n) is 9.62. The van der Waals surface area contributed by atoms with E-state index in [0.717, 1.165) is 141 Å². The largest absolute Gasteiger partial charge is 0.462 e. The van der Waals surface area contributed by atoms with E-state index in [1.54, 1.807) is 0 Å². The molecule has 0 fully saturated rings. The van der Waals surface area contributed by atoms with Gasteiger partial charge in [-0.2, -0.15) is 0 Å². The van der Waals surface area contributed by atoms with Crippen LogP contribution in [0.4, 0.5) is 0 Å². The first-order valence-corrected chi connectivity index (χ1v) is 34.5. The Morgan fingerprint density at radius 2 is 0.476 bits per heavy atom. The van der Waals surface area contributed by atoms with Crippen LogP contribution in [0.2, 0.25) is 0 Å². The van der Waals surface area contributed by atoms with Gasteiger partial charge in [-0.3, -0.25) is 14.4 Å². The van der Waals surface area contributed by atoms with Crippen LogP contribution < -0.4 is 0 Å². The molecule has 0 aromatic rings. The summed E-state index contributed by atoms with van der Waals surface area (Å²) in [5.41, 5.74) is 0. The smallest absolute Gasteiger partial charge is 0.306 e. The van der Waals surface area contributed by atoms with Crippen molar-refractivity contribution in [3.63, 3.8) is 0 Å². The maximum absolute atomic E-state index is 13.0. The Bertz CT molecular complexity index is 1690. The van der Waals surface area contributed by atoms with Crippen molar-refractivity contribution in [2.45, 2.75) is 329 Å². The summed E-state index contributed by atoms with van der Waals surface area (Å²) in [5, 5.41) is 0. The van der Waals surface area contributed by atoms with E-state index in [1.165, 1.54) is 141 Å². The normalized spacial score (nSPS) is 12.9. The molecule has 0 rings (SSSR count). The Morgan fingerprint density at radius 3 is 0.744 bits per heavy atom. The standard InChI is InChI=1S/C76H128O6/c1-4-7-10-13-16-19-22-25-28-31-34-36-37-38-39-41-42-45-48-51-54-57-60-63-66-69-75(78)81-72-73(71-80-74(77)68-65-62-59-56-53-50-47-44-33-30-27-24-21-18-15-12-9-6-3)82-76(79)70-67-64-61-58-55-52-49-46-43-40-35-32-29-26-23-20-17-14-11-8-5-2/h7-8,10-11,16-17,19-20,25-26,28-29,34-36,38-40,42,45,73H,4-6,9,12-15,18,21-24,27,30-33,37,41,43-44,46-72H2,1-3H3/b10-7-,11-8-,19-16-,20-17-,28-25-,29-26-,36-34-,39-38-,40-35-,45-42-. The van der Waals surface area contributed by atoms with E-state index in [1.807, 2.05) is 0 Å². The van der Waals surface area contributed by atoms with E-state index in [4.69, 9.17) is 14.2 Å². The third-order valence-electron chi connectivity index (χ3n) is 14.7. The monoisotopic (exact) mass is 1140 g/mol. The molecule has 0 aliphatic rings. The quantitative estimate of drug-likeness (QED) is 0.0261. The molecule has 6 nitrogen and oxygen atoms in total. The maximum atomic E-state index is 13.0. The van der Waals surface area contributed by atoms with E-state index >= 15 is 0 Å². The predicted molar refractivity (Wildman–Crippen MR) is 357 cm³/mol. The lowest BCUT2D eigenvalue weighted by Gasteiger charge is -2.18. The number of rotatable bonds is 62. The zero-order valence-electron chi connectivity index (χ0n) is 53.7. The fourth-order valence-corrected chi connectivity index (χ4v) is 9.62. The second-order valence-corrected chi connectivity index (χ2v) is 22.7. The molecule has 0 radical (unpaired) electrons. The Labute approximate surface area is 507 Å². The van der Waals surface area contributed by atoms with Crippen molar-refractivity contribution in [3.8, 4) is 0 Å². The van der Waals surface area contributed by atoms with Crippen molar-refractivity contribution < 1.29 is 28.6 Å². The number of hydrogen-bond donors (Lipinski definition) is 0. The SMILES string of the molecule is CC/C=C\C/C=C\C/C=C\C/C=C\C/C=C\C/C=C\CCCCCCCCC(=O)OCC(COC(=O)CCCCCCCCCCCCCCCCCCCC)OC(=O)CCCCCCCCCC/C=C\C/C=C\C/C=C\C/C=C\CC. The van der Waals surface area contributed by atoms with Crippen LogP contribution in [0.3, 0.4) is 0 Å². The third kappa shape index (κ3) is 66.6. The van der Waals surface area contributed by atoms with Crippen molar-refractivity contribution in [1.82, 2.24) is 0 Å². The number of hydrogen-bond acceptors (Lipinski definition) is 6. The summed E-state index contributed by atoms with van der Waals surface area (Å²) >= 11 is 0. The molecule has 0 aliphatic heterocycles. The van der Waals surface area contributed by atoms with Gasteiger partial charge in [-0.1, -0.05) is 316 Å². The van der Waals surface area contributed by atoms with Gasteiger partial charge in [0.2, 0.25) is 0 Å². The van der Waals surface area contributed by atoms with Gasteiger partial charge in [-0.25, -0.2) is 0 Å². The van der Waals surface area contributed by atoms with Crippen LogP contribution in [0.5, 0.6) is 0 Å². The Kier molecular flexibility index (Phi) is 65.8. The molecule has 0 N–H and O–H groups in total. The third-order valence-corrected chi connectivity index (χ3v) is 14.7. The minimum atomic E-state index is -0.793. The summed E-state index contributed by atoms with van der Waals surface area (Å²) < 4.78 is 17.0. The van der Waals surface area contributed by atoms with Crippen molar-refractivity contribution in [1.29, 1.82) is 0 Å². The first kappa shape index (κ1) is 77.8. The lowest BCUT2D eigenvalue weighted by molar-refractivity contribution is -0.167. The summed E-state index contributed by atoms with van der Waals surface area (Å²) in [6.07, 6.45) is 96.3. The van der Waals surface area contributed by atoms with Crippen LogP contribution in [0.25, 0.3) is 0 Å². The molecule has 0 bridgehead atoms. The van der Waals surface area contributed by atoms with Gasteiger partial charge in [0.1, 0.15) is 13.2 Å². The molecule has 0 saturated carbocycles. The van der Waals surface area contributed by atoms with E-state index in [2.05, 4.69) is 142 Å². The first-order valence-electron chi connectivity index (χ1n) is 34.5. The second-order valence-electron chi connectivity index (χ2n) is 22.7. The van der Waals surface area contributed by atoms with E-state index < -0.39 is 6.10 Å². The summed E-state index contributed by atoms with van der Waals surface area (Å²) in [7, 11) is 0. The van der Waals surface area contributed by atoms with Crippen molar-refractivity contribution in [3.05, 3.63) is 122 Å². The van der Waals surface area contributed by atoms with Gasteiger partial charge in [0, 0.05) is 19.3 Å². The van der Waals surface area contributed by atoms with Crippen molar-refractivity contribution in [2.24, 2.45) is 0 Å². The molecular weight excluding hydrogens is 1010 g/mol. The van der Waals surface area contributed by atoms with Crippen LogP contribution in [0.15, 0.2) is 122 Å². The zero-order chi connectivity index (χ0) is 59.2. The van der Waals surface area contributed by atoms with Crippen molar-refractivity contribution in [2.75, 3.05) is 13.2 Å². The average Bonchev–Trinajstić information content (AvgIpc) is 3.47. The molecule has 0 spiro atoms. The molecule has 468 valence electrons. The van der Waals surface area contributed by atoms with Crippen LogP contribution >= 0.6 is 0 Å². The Morgan fingerprint density at radius 1 is 0.256 bits per heavy atom. The van der Waals surface area contributed by atoms with Crippen LogP contribution in [-0.4, -0.2) is 37.2 Å².